The molecule has 0 aliphatic carbocycles. The molecule has 0 unspecified atom stereocenters. The number of carbonyl (C=O) groups is 2. The summed E-state index contributed by atoms with van der Waals surface area (Å²) >= 11 is 1.11. The lowest BCUT2D eigenvalue weighted by Gasteiger charge is -1.95. The second-order valence-electron chi connectivity index (χ2n) is 3.98. The van der Waals surface area contributed by atoms with Crippen LogP contribution in [0.5, 0.6) is 0 Å². The van der Waals surface area contributed by atoms with Gasteiger partial charge in [0.15, 0.2) is 10.7 Å². The lowest BCUT2D eigenvalue weighted by Crippen LogP contribution is -2.04. The zero-order valence-corrected chi connectivity index (χ0v) is 11.2. The molecule has 0 bridgehead atoms. The van der Waals surface area contributed by atoms with Gasteiger partial charge in [-0.3, -0.25) is 9.78 Å². The fourth-order valence-electron chi connectivity index (χ4n) is 1.84. The van der Waals surface area contributed by atoms with Crippen LogP contribution in [0.1, 0.15) is 25.9 Å². The van der Waals surface area contributed by atoms with E-state index in [0.717, 1.165) is 22.2 Å². The molecule has 1 N–H and O–H groups in total. The lowest BCUT2D eigenvalue weighted by atomic mass is 10.1. The first-order chi connectivity index (χ1) is 9.70. The van der Waals surface area contributed by atoms with E-state index >= 15 is 0 Å². The minimum atomic E-state index is -0.555. The monoisotopic (exact) mass is 287 g/mol. The Morgan fingerprint density at radius 2 is 2.25 bits per heavy atom. The second kappa shape index (κ2) is 4.86. The van der Waals surface area contributed by atoms with Crippen LogP contribution < -0.4 is 0 Å². The molecule has 7 heteroatoms. The Bertz CT molecular complexity index is 806. The molecule has 0 fully saturated rings. The normalized spacial score (nSPS) is 10.7. The zero-order chi connectivity index (χ0) is 14.1. The average Bonchev–Trinajstić information content (AvgIpc) is 3.12. The number of nitrogens with one attached hydrogen (secondary N) is 1. The Kier molecular flexibility index (Phi) is 3.03. The van der Waals surface area contributed by atoms with Crippen molar-refractivity contribution in [3.8, 4) is 0 Å². The smallest absolute Gasteiger partial charge is 0.357 e. The number of rotatable bonds is 3. The van der Waals surface area contributed by atoms with Gasteiger partial charge in [-0.1, -0.05) is 0 Å². The summed E-state index contributed by atoms with van der Waals surface area (Å²) < 4.78 is 4.57. The quantitative estimate of drug-likeness (QED) is 0.588. The van der Waals surface area contributed by atoms with E-state index in [9.17, 15) is 9.59 Å². The fourth-order valence-corrected chi connectivity index (χ4v) is 2.58. The van der Waals surface area contributed by atoms with Crippen LogP contribution in [-0.4, -0.2) is 33.8 Å². The van der Waals surface area contributed by atoms with Crippen LogP contribution in [0.15, 0.2) is 30.0 Å². The van der Waals surface area contributed by atoms with E-state index in [1.165, 1.54) is 12.5 Å². The number of hydrogen-bond acceptors (Lipinski definition) is 6. The second-order valence-corrected chi connectivity index (χ2v) is 4.84. The van der Waals surface area contributed by atoms with Crippen LogP contribution in [0.25, 0.3) is 10.9 Å². The highest BCUT2D eigenvalue weighted by molar-refractivity contribution is 7.12. The van der Waals surface area contributed by atoms with Gasteiger partial charge in [0.25, 0.3) is 0 Å². The molecule has 100 valence electrons. The highest BCUT2D eigenvalue weighted by Gasteiger charge is 2.19. The Morgan fingerprint density at radius 1 is 1.40 bits per heavy atom. The first-order valence-electron chi connectivity index (χ1n) is 5.70. The fraction of sp³-hybridized carbons (Fsp3) is 0.0769. The molecule has 0 atom stereocenters. The first kappa shape index (κ1) is 12.5. The molecule has 0 radical (unpaired) electrons. The molecular weight excluding hydrogens is 278 g/mol. The number of thiazole rings is 1. The topological polar surface area (TPSA) is 84.9 Å². The number of fused-ring (bicyclic) bond motifs is 1. The Morgan fingerprint density at radius 3 is 3.05 bits per heavy atom. The number of aromatic nitrogens is 3. The van der Waals surface area contributed by atoms with Gasteiger partial charge in [-0.05, 0) is 6.07 Å². The summed E-state index contributed by atoms with van der Waals surface area (Å²) in [7, 11) is 1.27. The maximum Gasteiger partial charge on any atom is 0.357 e. The predicted octanol–water partition coefficient (Wildman–Crippen LogP) is 2.04. The number of methoxy groups -OCH3 is 1. The Hall–Kier alpha value is -2.54. The number of nitrogens with zero attached hydrogens (tertiary/aromatic N) is 2. The van der Waals surface area contributed by atoms with Gasteiger partial charge in [0.1, 0.15) is 0 Å². The summed E-state index contributed by atoms with van der Waals surface area (Å²) in [5.74, 6) is -0.801. The van der Waals surface area contributed by atoms with E-state index < -0.39 is 5.97 Å². The van der Waals surface area contributed by atoms with Crippen molar-refractivity contribution < 1.29 is 14.3 Å². The van der Waals surface area contributed by atoms with Crippen LogP contribution in [0, 0.1) is 0 Å². The summed E-state index contributed by atoms with van der Waals surface area (Å²) in [6.45, 7) is 0. The predicted molar refractivity (Wildman–Crippen MR) is 73.0 cm³/mol. The van der Waals surface area contributed by atoms with Gasteiger partial charge in [-0.15, -0.1) is 11.3 Å². The molecule has 0 amide bonds. The molecule has 0 aliphatic heterocycles. The molecule has 6 nitrogen and oxygen atoms in total. The van der Waals surface area contributed by atoms with E-state index in [4.69, 9.17) is 0 Å². The van der Waals surface area contributed by atoms with Gasteiger partial charge in [-0.25, -0.2) is 9.78 Å². The molecule has 0 saturated heterocycles. The third kappa shape index (κ3) is 1.97. The number of aromatic amines is 1. The molecule has 0 saturated carbocycles. The average molecular weight is 287 g/mol. The first-order valence-corrected chi connectivity index (χ1v) is 6.58. The van der Waals surface area contributed by atoms with Crippen molar-refractivity contribution in [3.63, 3.8) is 0 Å². The van der Waals surface area contributed by atoms with Crippen molar-refractivity contribution in [2.75, 3.05) is 7.11 Å². The summed E-state index contributed by atoms with van der Waals surface area (Å²) in [4.78, 5) is 34.7. The summed E-state index contributed by atoms with van der Waals surface area (Å²) in [6.07, 6.45) is 4.88. The van der Waals surface area contributed by atoms with E-state index in [0.29, 0.717) is 5.56 Å². The van der Waals surface area contributed by atoms with E-state index in [-0.39, 0.29) is 16.5 Å². The van der Waals surface area contributed by atoms with E-state index in [2.05, 4.69) is 19.7 Å². The molecule has 3 rings (SSSR count). The van der Waals surface area contributed by atoms with Gasteiger partial charge in [-0.2, -0.15) is 0 Å². The van der Waals surface area contributed by atoms with E-state index in [1.54, 1.807) is 24.7 Å². The van der Waals surface area contributed by atoms with Crippen LogP contribution in [0.2, 0.25) is 0 Å². The maximum absolute atomic E-state index is 12.4. The minimum Gasteiger partial charge on any atom is -0.464 e. The van der Waals surface area contributed by atoms with Crippen LogP contribution >= 0.6 is 11.3 Å². The summed E-state index contributed by atoms with van der Waals surface area (Å²) in [5, 5.41) is 2.48. The Labute approximate surface area is 117 Å². The van der Waals surface area contributed by atoms with Gasteiger partial charge in [0.2, 0.25) is 5.78 Å². The zero-order valence-electron chi connectivity index (χ0n) is 10.4. The van der Waals surface area contributed by atoms with Crippen LogP contribution in [0.4, 0.5) is 0 Å². The van der Waals surface area contributed by atoms with E-state index in [1.807, 2.05) is 0 Å². The van der Waals surface area contributed by atoms with Crippen molar-refractivity contribution in [2.45, 2.75) is 0 Å². The van der Waals surface area contributed by atoms with Crippen molar-refractivity contribution in [2.24, 2.45) is 0 Å². The molecule has 3 aromatic heterocycles. The largest absolute Gasteiger partial charge is 0.464 e. The number of pyridine rings is 1. The van der Waals surface area contributed by atoms with Crippen molar-refractivity contribution in [1.29, 1.82) is 0 Å². The number of ketones is 1. The molecular formula is C13H9N3O3S. The standard InChI is InChI=1S/C13H9N3O3S/c1-19-13(18)10-6-20-12(16-10)11(17)8-5-15-9-2-3-14-4-7(8)9/h2-6,15H,1H3. The maximum atomic E-state index is 12.4. The van der Waals surface area contributed by atoms with Gasteiger partial charge in [0, 0.05) is 34.9 Å². The highest BCUT2D eigenvalue weighted by Crippen LogP contribution is 2.22. The van der Waals surface area contributed by atoms with Crippen molar-refractivity contribution in [3.05, 3.63) is 46.3 Å². The summed E-state index contributed by atoms with van der Waals surface area (Å²) in [6, 6.07) is 1.79. The SMILES string of the molecule is COC(=O)c1csc(C(=O)c2c[nH]c3ccncc23)n1. The number of esters is 1. The van der Waals surface area contributed by atoms with Crippen molar-refractivity contribution >= 4 is 34.0 Å². The minimum absolute atomic E-state index is 0.138. The Balaban J connectivity index is 2.00. The van der Waals surface area contributed by atoms with Gasteiger partial charge in [0.05, 0.1) is 12.7 Å². The molecule has 0 spiro atoms. The molecule has 3 heterocycles. The third-order valence-corrected chi connectivity index (χ3v) is 3.66. The third-order valence-electron chi connectivity index (χ3n) is 2.82. The molecule has 3 aromatic rings. The number of hydrogen-bond donors (Lipinski definition) is 1. The number of ether oxygens (including phenoxy) is 1. The van der Waals surface area contributed by atoms with Crippen molar-refractivity contribution in [1.82, 2.24) is 15.0 Å². The van der Waals surface area contributed by atoms with Crippen LogP contribution in [0.3, 0.4) is 0 Å². The molecule has 20 heavy (non-hydrogen) atoms. The van der Waals surface area contributed by atoms with Gasteiger partial charge < -0.3 is 9.72 Å². The summed E-state index contributed by atoms with van der Waals surface area (Å²) in [5.41, 5.74) is 1.45. The number of H-pyrrole nitrogens is 1. The molecule has 0 aromatic carbocycles. The highest BCUT2D eigenvalue weighted by atomic mass is 32.1. The van der Waals surface area contributed by atoms with Crippen LogP contribution in [-0.2, 0) is 4.74 Å². The lowest BCUT2D eigenvalue weighted by molar-refractivity contribution is 0.0595. The van der Waals surface area contributed by atoms with Gasteiger partial charge >= 0.3 is 5.97 Å². The molecule has 0 aliphatic rings. The number of carbonyl (C=O) groups excluding carboxylic acids is 2.